The minimum absolute atomic E-state index is 0.00765. The molecule has 8 heteroatoms. The second-order valence-corrected chi connectivity index (χ2v) is 6.28. The lowest BCUT2D eigenvalue weighted by atomic mass is 10.2. The number of ether oxygens (including phenoxy) is 2. The highest BCUT2D eigenvalue weighted by Crippen LogP contribution is 2.28. The molecule has 3 rings (SSSR count). The van der Waals surface area contributed by atoms with Gasteiger partial charge in [-0.05, 0) is 55.0 Å². The Kier molecular flexibility index (Phi) is 6.16. The number of hydrogen-bond acceptors (Lipinski definition) is 4. The van der Waals surface area contributed by atoms with Crippen molar-refractivity contribution in [3.8, 4) is 11.5 Å². The van der Waals surface area contributed by atoms with E-state index in [0.29, 0.717) is 22.1 Å². The molecule has 0 aliphatic carbocycles. The van der Waals surface area contributed by atoms with Crippen molar-refractivity contribution >= 4 is 23.2 Å². The monoisotopic (exact) mass is 407 g/mol. The molecule has 1 N–H and O–H groups in total. The summed E-state index contributed by atoms with van der Waals surface area (Å²) in [7, 11) is 0. The van der Waals surface area contributed by atoms with Crippen LogP contribution in [0.4, 0.5) is 14.5 Å². The molecule has 0 aliphatic rings. The summed E-state index contributed by atoms with van der Waals surface area (Å²) in [5, 5.41) is 3.04. The van der Waals surface area contributed by atoms with Crippen molar-refractivity contribution in [1.29, 1.82) is 0 Å². The van der Waals surface area contributed by atoms with Gasteiger partial charge in [0.1, 0.15) is 23.9 Å². The van der Waals surface area contributed by atoms with Crippen LogP contribution < -0.4 is 14.8 Å². The number of amides is 1. The molecule has 0 bridgehead atoms. The molecule has 1 amide bonds. The van der Waals surface area contributed by atoms with E-state index in [1.807, 2.05) is 0 Å². The molecular formula is C20H16ClF2NO4. The summed E-state index contributed by atoms with van der Waals surface area (Å²) < 4.78 is 40.6. The molecule has 146 valence electrons. The van der Waals surface area contributed by atoms with Gasteiger partial charge in [0.15, 0.2) is 5.76 Å². The van der Waals surface area contributed by atoms with Gasteiger partial charge in [-0.2, -0.15) is 8.78 Å². The number of carbonyl (C=O) groups excluding carboxylic acids is 1. The average molecular weight is 408 g/mol. The van der Waals surface area contributed by atoms with Crippen molar-refractivity contribution in [2.45, 2.75) is 20.1 Å². The van der Waals surface area contributed by atoms with Crippen molar-refractivity contribution in [2.24, 2.45) is 0 Å². The van der Waals surface area contributed by atoms with E-state index in [0.717, 1.165) is 0 Å². The lowest BCUT2D eigenvalue weighted by Gasteiger charge is -2.12. The van der Waals surface area contributed by atoms with Gasteiger partial charge < -0.3 is 19.2 Å². The Balaban J connectivity index is 1.66. The lowest BCUT2D eigenvalue weighted by Crippen LogP contribution is -2.13. The molecule has 0 saturated carbocycles. The fraction of sp³-hybridized carbons (Fsp3) is 0.150. The number of alkyl halides is 2. The van der Waals surface area contributed by atoms with Crippen LogP contribution in [0.25, 0.3) is 0 Å². The van der Waals surface area contributed by atoms with Crippen LogP contribution in [-0.4, -0.2) is 12.5 Å². The molecule has 0 saturated heterocycles. The van der Waals surface area contributed by atoms with Gasteiger partial charge in [-0.15, -0.1) is 0 Å². The number of rotatable bonds is 7. The van der Waals surface area contributed by atoms with E-state index in [2.05, 4.69) is 10.1 Å². The number of halogens is 3. The molecule has 2 aromatic carbocycles. The Labute approximate surface area is 164 Å². The number of nitrogens with one attached hydrogen (secondary N) is 1. The zero-order valence-corrected chi connectivity index (χ0v) is 15.5. The molecule has 5 nitrogen and oxygen atoms in total. The van der Waals surface area contributed by atoms with E-state index < -0.39 is 12.5 Å². The molecule has 1 aromatic heterocycles. The van der Waals surface area contributed by atoms with Crippen LogP contribution in [0.3, 0.4) is 0 Å². The van der Waals surface area contributed by atoms with Gasteiger partial charge in [0.25, 0.3) is 5.91 Å². The SMILES string of the molecule is Cc1ccc(NC(=O)c2ccc(COc3cccc(Cl)c3)o2)c(OC(F)F)c1. The minimum Gasteiger partial charge on any atom is -0.486 e. The van der Waals surface area contributed by atoms with Crippen molar-refractivity contribution < 1.29 is 27.5 Å². The fourth-order valence-electron chi connectivity index (χ4n) is 2.40. The van der Waals surface area contributed by atoms with Gasteiger partial charge >= 0.3 is 6.61 Å². The van der Waals surface area contributed by atoms with Crippen LogP contribution in [0.5, 0.6) is 11.5 Å². The number of hydrogen-bond donors (Lipinski definition) is 1. The second-order valence-electron chi connectivity index (χ2n) is 5.84. The van der Waals surface area contributed by atoms with Gasteiger partial charge in [0.05, 0.1) is 5.69 Å². The molecule has 0 unspecified atom stereocenters. The van der Waals surface area contributed by atoms with E-state index >= 15 is 0 Å². The number of anilines is 1. The standard InChI is InChI=1S/C20H16ClF2NO4/c1-12-5-7-16(18(9-12)28-20(22)23)24-19(25)17-8-6-15(27-17)11-26-14-4-2-3-13(21)10-14/h2-10,20H,11H2,1H3,(H,24,25). The summed E-state index contributed by atoms with van der Waals surface area (Å²) >= 11 is 5.89. The van der Waals surface area contributed by atoms with Crippen LogP contribution in [0, 0.1) is 6.92 Å². The molecule has 0 radical (unpaired) electrons. The maximum Gasteiger partial charge on any atom is 0.387 e. The van der Waals surface area contributed by atoms with Crippen LogP contribution in [0.15, 0.2) is 59.0 Å². The van der Waals surface area contributed by atoms with Crippen LogP contribution >= 0.6 is 11.6 Å². The smallest absolute Gasteiger partial charge is 0.387 e. The molecule has 28 heavy (non-hydrogen) atoms. The summed E-state index contributed by atoms with van der Waals surface area (Å²) in [6.07, 6.45) is 0. The Morgan fingerprint density at radius 2 is 2.00 bits per heavy atom. The molecular weight excluding hydrogens is 392 g/mol. The van der Waals surface area contributed by atoms with Gasteiger partial charge in [0.2, 0.25) is 0 Å². The summed E-state index contributed by atoms with van der Waals surface area (Å²) in [5.74, 6) is 0.256. The van der Waals surface area contributed by atoms with Gasteiger partial charge in [-0.1, -0.05) is 23.7 Å². The second kappa shape index (κ2) is 8.75. The Hall–Kier alpha value is -3.06. The van der Waals surface area contributed by atoms with Crippen LogP contribution in [0.1, 0.15) is 21.9 Å². The summed E-state index contributed by atoms with van der Waals surface area (Å²) in [6, 6.07) is 14.5. The largest absolute Gasteiger partial charge is 0.486 e. The molecule has 1 heterocycles. The number of benzene rings is 2. The van der Waals surface area contributed by atoms with Crippen molar-refractivity contribution in [1.82, 2.24) is 0 Å². The maximum atomic E-state index is 12.6. The van der Waals surface area contributed by atoms with E-state index in [1.165, 1.54) is 18.2 Å². The minimum atomic E-state index is -3.00. The third-order valence-corrected chi connectivity index (χ3v) is 3.90. The summed E-state index contributed by atoms with van der Waals surface area (Å²) in [4.78, 5) is 12.4. The first kappa shape index (κ1) is 19.7. The van der Waals surface area contributed by atoms with Crippen molar-refractivity contribution in [3.63, 3.8) is 0 Å². The van der Waals surface area contributed by atoms with E-state index in [1.54, 1.807) is 43.3 Å². The topological polar surface area (TPSA) is 60.7 Å². The summed E-state index contributed by atoms with van der Waals surface area (Å²) in [5.41, 5.74) is 0.830. The predicted octanol–water partition coefficient (Wildman–Crippen LogP) is 5.67. The Bertz CT molecular complexity index is 974. The molecule has 0 spiro atoms. The first-order valence-electron chi connectivity index (χ1n) is 8.24. The highest BCUT2D eigenvalue weighted by atomic mass is 35.5. The van der Waals surface area contributed by atoms with E-state index in [9.17, 15) is 13.6 Å². The number of carbonyl (C=O) groups is 1. The Morgan fingerprint density at radius 3 is 2.75 bits per heavy atom. The zero-order valence-electron chi connectivity index (χ0n) is 14.7. The van der Waals surface area contributed by atoms with Gasteiger partial charge in [0, 0.05) is 5.02 Å². The first-order valence-corrected chi connectivity index (χ1v) is 8.62. The van der Waals surface area contributed by atoms with Crippen molar-refractivity contribution in [2.75, 3.05) is 5.32 Å². The molecule has 3 aromatic rings. The van der Waals surface area contributed by atoms with Crippen LogP contribution in [-0.2, 0) is 6.61 Å². The first-order chi connectivity index (χ1) is 13.4. The highest BCUT2D eigenvalue weighted by Gasteiger charge is 2.16. The molecule has 0 atom stereocenters. The fourth-order valence-corrected chi connectivity index (χ4v) is 2.58. The third-order valence-electron chi connectivity index (χ3n) is 3.66. The molecule has 0 aliphatic heterocycles. The lowest BCUT2D eigenvalue weighted by molar-refractivity contribution is -0.0494. The third kappa shape index (κ3) is 5.23. The zero-order chi connectivity index (χ0) is 20.1. The van der Waals surface area contributed by atoms with E-state index in [4.69, 9.17) is 20.8 Å². The maximum absolute atomic E-state index is 12.6. The van der Waals surface area contributed by atoms with Crippen molar-refractivity contribution in [3.05, 3.63) is 76.7 Å². The highest BCUT2D eigenvalue weighted by molar-refractivity contribution is 6.30. The summed E-state index contributed by atoms with van der Waals surface area (Å²) in [6.45, 7) is -1.18. The Morgan fingerprint density at radius 1 is 1.18 bits per heavy atom. The van der Waals surface area contributed by atoms with Crippen LogP contribution in [0.2, 0.25) is 5.02 Å². The van der Waals surface area contributed by atoms with Gasteiger partial charge in [-0.3, -0.25) is 4.79 Å². The normalized spacial score (nSPS) is 10.8. The number of aryl methyl sites for hydroxylation is 1. The average Bonchev–Trinajstić information content (AvgIpc) is 3.11. The van der Waals surface area contributed by atoms with E-state index in [-0.39, 0.29) is 23.8 Å². The predicted molar refractivity (Wildman–Crippen MR) is 100 cm³/mol. The van der Waals surface area contributed by atoms with Gasteiger partial charge in [-0.25, -0.2) is 0 Å². The quantitative estimate of drug-likeness (QED) is 0.547. The number of furan rings is 1. The molecule has 0 fully saturated rings.